The Hall–Kier alpha value is -3.47. The fourth-order valence-electron chi connectivity index (χ4n) is 3.08. The number of rotatable bonds is 7. The van der Waals surface area contributed by atoms with E-state index < -0.39 is 23.5 Å². The standard InChI is InChI=1S/C22H16F4N2O4S/c1-11-18(33-21(27-11)12-2-4-14(15(23)8-12)22(24,25)26)10-31-13-3-5-17-16(9-13)28-19(32-17)6-7-20(29)30/h2-5,8-9H,6-7,10H2,1H3,(H,29,30). The molecule has 4 aromatic rings. The summed E-state index contributed by atoms with van der Waals surface area (Å²) >= 11 is 1.20. The minimum atomic E-state index is -4.76. The SMILES string of the molecule is Cc1nc(-c2ccc(C(F)(F)F)c(F)c2)sc1COc1ccc2oc(CCC(=O)O)nc2c1. The molecule has 0 amide bonds. The van der Waals surface area contributed by atoms with Crippen LogP contribution in [0.1, 0.15) is 28.4 Å². The van der Waals surface area contributed by atoms with Crippen LogP contribution in [0.2, 0.25) is 0 Å². The number of carbonyl (C=O) groups is 1. The van der Waals surface area contributed by atoms with Crippen LogP contribution in [-0.2, 0) is 24.0 Å². The predicted octanol–water partition coefficient (Wildman–Crippen LogP) is 6.01. The van der Waals surface area contributed by atoms with E-state index in [-0.39, 0.29) is 25.0 Å². The first-order chi connectivity index (χ1) is 15.6. The molecule has 33 heavy (non-hydrogen) atoms. The van der Waals surface area contributed by atoms with Gasteiger partial charge in [-0.15, -0.1) is 11.3 Å². The van der Waals surface area contributed by atoms with Gasteiger partial charge in [-0.3, -0.25) is 4.79 Å². The Kier molecular flexibility index (Phi) is 6.07. The quantitative estimate of drug-likeness (QED) is 0.326. The molecule has 1 N–H and O–H groups in total. The molecule has 0 saturated carbocycles. The number of carboxylic acid groups (broad SMARTS) is 1. The molecule has 0 aliphatic carbocycles. The van der Waals surface area contributed by atoms with Gasteiger partial charge < -0.3 is 14.3 Å². The molecule has 0 radical (unpaired) electrons. The average Bonchev–Trinajstić information content (AvgIpc) is 3.32. The summed E-state index contributed by atoms with van der Waals surface area (Å²) in [5.74, 6) is -1.49. The molecule has 0 spiro atoms. The zero-order chi connectivity index (χ0) is 23.8. The van der Waals surface area contributed by atoms with Crippen molar-refractivity contribution in [2.45, 2.75) is 32.5 Å². The smallest absolute Gasteiger partial charge is 0.419 e. The van der Waals surface area contributed by atoms with Gasteiger partial charge in [0.15, 0.2) is 11.5 Å². The number of aryl methyl sites for hydroxylation is 2. The third-order valence-corrected chi connectivity index (χ3v) is 5.92. The number of carboxylic acids is 1. The van der Waals surface area contributed by atoms with Crippen LogP contribution in [0, 0.1) is 12.7 Å². The Morgan fingerprint density at radius 1 is 1.18 bits per heavy atom. The van der Waals surface area contributed by atoms with Gasteiger partial charge in [-0.2, -0.15) is 13.2 Å². The van der Waals surface area contributed by atoms with Crippen molar-refractivity contribution in [3.05, 3.63) is 64.2 Å². The fourth-order valence-corrected chi connectivity index (χ4v) is 4.05. The minimum absolute atomic E-state index is 0.0913. The van der Waals surface area contributed by atoms with Crippen LogP contribution in [0.15, 0.2) is 40.8 Å². The highest BCUT2D eigenvalue weighted by Gasteiger charge is 2.34. The van der Waals surface area contributed by atoms with E-state index in [1.165, 1.54) is 17.4 Å². The van der Waals surface area contributed by atoms with Crippen molar-refractivity contribution in [2.24, 2.45) is 0 Å². The maximum Gasteiger partial charge on any atom is 0.419 e. The van der Waals surface area contributed by atoms with Crippen molar-refractivity contribution in [2.75, 3.05) is 0 Å². The first-order valence-electron chi connectivity index (χ1n) is 9.67. The first kappa shape index (κ1) is 22.7. The summed E-state index contributed by atoms with van der Waals surface area (Å²) in [5.41, 5.74) is 0.571. The number of thiazole rings is 1. The minimum Gasteiger partial charge on any atom is -0.488 e. The number of oxazole rings is 1. The Morgan fingerprint density at radius 2 is 1.97 bits per heavy atom. The summed E-state index contributed by atoms with van der Waals surface area (Å²) < 4.78 is 63.6. The number of alkyl halides is 3. The van der Waals surface area contributed by atoms with E-state index in [0.717, 1.165) is 10.9 Å². The molecule has 2 aromatic carbocycles. The number of halogens is 4. The molecule has 0 bridgehead atoms. The van der Waals surface area contributed by atoms with Crippen LogP contribution in [0.3, 0.4) is 0 Å². The molecule has 0 saturated heterocycles. The van der Waals surface area contributed by atoms with Crippen LogP contribution >= 0.6 is 11.3 Å². The number of fused-ring (bicyclic) bond motifs is 1. The lowest BCUT2D eigenvalue weighted by atomic mass is 10.1. The summed E-state index contributed by atoms with van der Waals surface area (Å²) in [5, 5.41) is 9.15. The van der Waals surface area contributed by atoms with Gasteiger partial charge in [-0.05, 0) is 31.2 Å². The summed E-state index contributed by atoms with van der Waals surface area (Å²) in [6, 6.07) is 7.72. The second kappa shape index (κ2) is 8.81. The van der Waals surface area contributed by atoms with Gasteiger partial charge in [0.25, 0.3) is 0 Å². The largest absolute Gasteiger partial charge is 0.488 e. The normalized spacial score (nSPS) is 11.8. The zero-order valence-electron chi connectivity index (χ0n) is 17.1. The molecule has 11 heteroatoms. The molecule has 0 fully saturated rings. The number of nitrogens with zero attached hydrogens (tertiary/aromatic N) is 2. The van der Waals surface area contributed by atoms with Gasteiger partial charge in [0, 0.05) is 18.1 Å². The van der Waals surface area contributed by atoms with Gasteiger partial charge in [-0.25, -0.2) is 14.4 Å². The Morgan fingerprint density at radius 3 is 2.67 bits per heavy atom. The highest BCUT2D eigenvalue weighted by molar-refractivity contribution is 7.15. The number of aliphatic carboxylic acids is 1. The number of ether oxygens (including phenoxy) is 1. The summed E-state index contributed by atoms with van der Waals surface area (Å²) in [4.78, 5) is 20.0. The Balaban J connectivity index is 1.48. The van der Waals surface area contributed by atoms with Crippen molar-refractivity contribution < 1.29 is 36.6 Å². The van der Waals surface area contributed by atoms with Crippen LogP contribution in [0.5, 0.6) is 5.75 Å². The zero-order valence-corrected chi connectivity index (χ0v) is 17.9. The highest BCUT2D eigenvalue weighted by atomic mass is 32.1. The topological polar surface area (TPSA) is 85.5 Å². The Bertz CT molecular complexity index is 1330. The Labute approximate surface area is 188 Å². The lowest BCUT2D eigenvalue weighted by Crippen LogP contribution is -2.07. The van der Waals surface area contributed by atoms with Crippen molar-refractivity contribution in [3.63, 3.8) is 0 Å². The molecule has 0 aliphatic rings. The fraction of sp³-hybridized carbons (Fsp3) is 0.227. The molecule has 4 rings (SSSR count). The van der Waals surface area contributed by atoms with Gasteiger partial charge in [0.2, 0.25) is 0 Å². The van der Waals surface area contributed by atoms with E-state index in [2.05, 4.69) is 9.97 Å². The molecular formula is C22H16F4N2O4S. The van der Waals surface area contributed by atoms with Gasteiger partial charge in [-0.1, -0.05) is 6.07 Å². The molecular weight excluding hydrogens is 464 g/mol. The molecule has 0 unspecified atom stereocenters. The van der Waals surface area contributed by atoms with E-state index in [1.807, 2.05) is 0 Å². The lowest BCUT2D eigenvalue weighted by molar-refractivity contribution is -0.140. The number of hydrogen-bond donors (Lipinski definition) is 1. The predicted molar refractivity (Wildman–Crippen MR) is 112 cm³/mol. The van der Waals surface area contributed by atoms with Gasteiger partial charge >= 0.3 is 12.1 Å². The average molecular weight is 480 g/mol. The maximum atomic E-state index is 13.9. The number of aromatic nitrogens is 2. The van der Waals surface area contributed by atoms with Crippen LogP contribution in [-0.4, -0.2) is 21.0 Å². The van der Waals surface area contributed by atoms with Crippen molar-refractivity contribution >= 4 is 28.4 Å². The van der Waals surface area contributed by atoms with Crippen molar-refractivity contribution in [1.29, 1.82) is 0 Å². The molecule has 2 heterocycles. The molecule has 172 valence electrons. The van der Waals surface area contributed by atoms with E-state index in [1.54, 1.807) is 25.1 Å². The highest BCUT2D eigenvalue weighted by Crippen LogP contribution is 2.35. The van der Waals surface area contributed by atoms with Crippen molar-refractivity contribution in [3.8, 4) is 16.3 Å². The molecule has 2 aromatic heterocycles. The van der Waals surface area contributed by atoms with Crippen LogP contribution in [0.25, 0.3) is 21.7 Å². The van der Waals surface area contributed by atoms with E-state index in [9.17, 15) is 22.4 Å². The molecule has 0 aliphatic heterocycles. The van der Waals surface area contributed by atoms with Crippen LogP contribution < -0.4 is 4.74 Å². The third kappa shape index (κ3) is 5.14. The monoisotopic (exact) mass is 480 g/mol. The lowest BCUT2D eigenvalue weighted by Gasteiger charge is -2.08. The molecule has 0 atom stereocenters. The maximum absolute atomic E-state index is 13.9. The third-order valence-electron chi connectivity index (χ3n) is 4.74. The second-order valence-corrected chi connectivity index (χ2v) is 8.22. The van der Waals surface area contributed by atoms with E-state index in [0.29, 0.717) is 39.5 Å². The molecule has 6 nitrogen and oxygen atoms in total. The van der Waals surface area contributed by atoms with Gasteiger partial charge in [0.1, 0.15) is 28.7 Å². The van der Waals surface area contributed by atoms with Crippen molar-refractivity contribution in [1.82, 2.24) is 9.97 Å². The number of benzene rings is 2. The summed E-state index contributed by atoms with van der Waals surface area (Å²) in [6.07, 6.45) is -4.68. The summed E-state index contributed by atoms with van der Waals surface area (Å²) in [6.45, 7) is 1.87. The van der Waals surface area contributed by atoms with Crippen LogP contribution in [0.4, 0.5) is 17.6 Å². The van der Waals surface area contributed by atoms with E-state index >= 15 is 0 Å². The van der Waals surface area contributed by atoms with E-state index in [4.69, 9.17) is 14.3 Å². The first-order valence-corrected chi connectivity index (χ1v) is 10.5. The van der Waals surface area contributed by atoms with Gasteiger partial charge in [0.05, 0.1) is 22.6 Å². The second-order valence-electron chi connectivity index (χ2n) is 7.14. The number of hydrogen-bond acceptors (Lipinski definition) is 6. The summed E-state index contributed by atoms with van der Waals surface area (Å²) in [7, 11) is 0.